The number of hydrogen-bond acceptors (Lipinski definition) is 10. The van der Waals surface area contributed by atoms with Crippen LogP contribution >= 0.6 is 31.9 Å². The van der Waals surface area contributed by atoms with Crippen molar-refractivity contribution in [3.8, 4) is 23.0 Å². The number of carbonyl (C=O) groups excluding carboxylic acids is 2. The molecule has 210 valence electrons. The van der Waals surface area contributed by atoms with Gasteiger partial charge in [-0.1, -0.05) is 6.07 Å². The first kappa shape index (κ1) is 30.1. The molecule has 2 atom stereocenters. The Morgan fingerprint density at radius 1 is 1.18 bits per heavy atom. The van der Waals surface area contributed by atoms with Crippen LogP contribution in [0, 0.1) is 0 Å². The number of aromatic hydroxyl groups is 1. The number of esters is 1. The molecule has 0 aliphatic carbocycles. The molecule has 3 rings (SSSR count). The van der Waals surface area contributed by atoms with E-state index in [0.717, 1.165) is 0 Å². The standard InChI is InChI=1S/C25H28Br2N4O8/c1-5-38-16-8-13(22-19(24(34)37-4)12(2)29-25(35)30-22)6-7-15(16)39-11-18(32)31-28-10-14-9-17(36-3)23(33)21(27)20(14)26/h6-10,18,22,31-33H,5,11H2,1-4H3,(H2,29,30,35)/b28-10-/t18-,22-/m1/s1. The molecule has 0 unspecified atom stereocenters. The van der Waals surface area contributed by atoms with Crippen LogP contribution in [0.2, 0.25) is 0 Å². The van der Waals surface area contributed by atoms with Crippen molar-refractivity contribution in [1.29, 1.82) is 0 Å². The van der Waals surface area contributed by atoms with E-state index in [4.69, 9.17) is 18.9 Å². The minimum absolute atomic E-state index is 0.0609. The van der Waals surface area contributed by atoms with Gasteiger partial charge in [-0.15, -0.1) is 0 Å². The number of nitrogens with one attached hydrogen (secondary N) is 3. The molecule has 0 radical (unpaired) electrons. The second kappa shape index (κ2) is 13.5. The second-order valence-corrected chi connectivity index (χ2v) is 9.65. The number of hydrogen-bond donors (Lipinski definition) is 5. The Balaban J connectivity index is 1.72. The average molecular weight is 672 g/mol. The zero-order chi connectivity index (χ0) is 28.7. The summed E-state index contributed by atoms with van der Waals surface area (Å²) in [4.78, 5) is 24.5. The minimum Gasteiger partial charge on any atom is -0.503 e. The van der Waals surface area contributed by atoms with Gasteiger partial charge in [-0.05, 0) is 69.5 Å². The van der Waals surface area contributed by atoms with Gasteiger partial charge in [-0.25, -0.2) is 9.59 Å². The van der Waals surface area contributed by atoms with E-state index in [9.17, 15) is 19.8 Å². The molecule has 0 fully saturated rings. The highest BCUT2D eigenvalue weighted by atomic mass is 79.9. The third kappa shape index (κ3) is 7.13. The highest BCUT2D eigenvalue weighted by molar-refractivity contribution is 9.13. The molecule has 0 aromatic heterocycles. The Hall–Kier alpha value is -3.49. The van der Waals surface area contributed by atoms with Gasteiger partial charge in [0, 0.05) is 15.7 Å². The maximum absolute atomic E-state index is 12.4. The van der Waals surface area contributed by atoms with Crippen LogP contribution in [0.3, 0.4) is 0 Å². The van der Waals surface area contributed by atoms with Crippen molar-refractivity contribution in [1.82, 2.24) is 16.1 Å². The molecular formula is C25H28Br2N4O8. The normalized spacial score (nSPS) is 15.9. The summed E-state index contributed by atoms with van der Waals surface area (Å²) < 4.78 is 22.4. The molecule has 2 amide bonds. The molecule has 2 aromatic rings. The molecule has 0 saturated carbocycles. The Morgan fingerprint density at radius 3 is 2.59 bits per heavy atom. The van der Waals surface area contributed by atoms with Crippen LogP contribution in [0.4, 0.5) is 4.79 Å². The van der Waals surface area contributed by atoms with E-state index < -0.39 is 24.3 Å². The van der Waals surface area contributed by atoms with Gasteiger partial charge in [0.1, 0.15) is 6.61 Å². The van der Waals surface area contributed by atoms with Gasteiger partial charge in [0.2, 0.25) is 0 Å². The number of ether oxygens (including phenoxy) is 4. The summed E-state index contributed by atoms with van der Waals surface area (Å²) in [5.74, 6) is 0.291. The van der Waals surface area contributed by atoms with Crippen molar-refractivity contribution >= 4 is 50.1 Å². The fourth-order valence-electron chi connectivity index (χ4n) is 3.68. The highest BCUT2D eigenvalue weighted by Gasteiger charge is 2.32. The van der Waals surface area contributed by atoms with Gasteiger partial charge in [0.25, 0.3) is 0 Å². The number of allylic oxidation sites excluding steroid dienone is 1. The Kier molecular flexibility index (Phi) is 10.4. The van der Waals surface area contributed by atoms with Gasteiger partial charge in [0.15, 0.2) is 29.2 Å². The Morgan fingerprint density at radius 2 is 1.92 bits per heavy atom. The second-order valence-electron chi connectivity index (χ2n) is 8.06. The van der Waals surface area contributed by atoms with Crippen molar-refractivity contribution < 1.29 is 38.7 Å². The van der Waals surface area contributed by atoms with Crippen LogP contribution < -0.4 is 30.3 Å². The van der Waals surface area contributed by atoms with E-state index in [2.05, 4.69) is 53.0 Å². The van der Waals surface area contributed by atoms with Gasteiger partial charge >= 0.3 is 12.0 Å². The Bertz CT molecular complexity index is 1300. The smallest absolute Gasteiger partial charge is 0.337 e. The number of carbonyl (C=O) groups is 2. The van der Waals surface area contributed by atoms with Crippen LogP contribution in [0.1, 0.15) is 31.0 Å². The molecule has 1 heterocycles. The topological polar surface area (TPSA) is 160 Å². The van der Waals surface area contributed by atoms with E-state index in [1.165, 1.54) is 20.4 Å². The molecule has 2 aromatic carbocycles. The summed E-state index contributed by atoms with van der Waals surface area (Å²) >= 11 is 6.64. The van der Waals surface area contributed by atoms with E-state index in [1.54, 1.807) is 38.1 Å². The zero-order valence-electron chi connectivity index (χ0n) is 21.5. The lowest BCUT2D eigenvalue weighted by atomic mass is 9.95. The summed E-state index contributed by atoms with van der Waals surface area (Å²) in [5.41, 5.74) is 4.35. The van der Waals surface area contributed by atoms with Crippen molar-refractivity contribution in [2.45, 2.75) is 26.1 Å². The molecule has 1 aliphatic rings. The minimum atomic E-state index is -1.18. The zero-order valence-corrected chi connectivity index (χ0v) is 24.7. The number of urea groups is 1. The third-order valence-corrected chi connectivity index (χ3v) is 7.65. The maximum atomic E-state index is 12.4. The largest absolute Gasteiger partial charge is 0.503 e. The van der Waals surface area contributed by atoms with Gasteiger partial charge in [-0.2, -0.15) is 5.10 Å². The number of phenolic OH excluding ortho intramolecular Hbond substituents is 1. The molecule has 5 N–H and O–H groups in total. The van der Waals surface area contributed by atoms with Gasteiger partial charge in [0.05, 0.1) is 43.1 Å². The fraction of sp³-hybridized carbons (Fsp3) is 0.320. The number of hydrazone groups is 1. The summed E-state index contributed by atoms with van der Waals surface area (Å²) in [6, 6.07) is 5.29. The SMILES string of the molecule is CCOc1cc([C@H]2NC(=O)NC(C)=C2C(=O)OC)ccc1OC[C@@H](O)N/N=C\c1cc(OC)c(O)c(Br)c1Br. The molecule has 12 nitrogen and oxygen atoms in total. The number of benzene rings is 2. The quantitative estimate of drug-likeness (QED) is 0.104. The predicted molar refractivity (Wildman–Crippen MR) is 149 cm³/mol. The lowest BCUT2D eigenvalue weighted by Gasteiger charge is -2.28. The average Bonchev–Trinajstić information content (AvgIpc) is 2.91. The number of halogens is 2. The van der Waals surface area contributed by atoms with Crippen LogP contribution in [0.15, 0.2) is 49.6 Å². The molecular weight excluding hydrogens is 644 g/mol. The lowest BCUT2D eigenvalue weighted by molar-refractivity contribution is -0.136. The number of phenols is 1. The molecule has 39 heavy (non-hydrogen) atoms. The van der Waals surface area contributed by atoms with Crippen molar-refractivity contribution in [3.63, 3.8) is 0 Å². The summed E-state index contributed by atoms with van der Waals surface area (Å²) in [6.07, 6.45) is 0.249. The van der Waals surface area contributed by atoms with Crippen LogP contribution in [-0.4, -0.2) is 62.1 Å². The monoisotopic (exact) mass is 670 g/mol. The molecule has 0 spiro atoms. The van der Waals surface area contributed by atoms with Crippen LogP contribution in [0.5, 0.6) is 23.0 Å². The van der Waals surface area contributed by atoms with E-state index in [0.29, 0.717) is 43.9 Å². The summed E-state index contributed by atoms with van der Waals surface area (Å²) in [5, 5.41) is 29.7. The van der Waals surface area contributed by atoms with Gasteiger partial charge < -0.3 is 39.8 Å². The number of aliphatic hydroxyl groups excluding tert-OH is 1. The van der Waals surface area contributed by atoms with Crippen LogP contribution in [-0.2, 0) is 9.53 Å². The van der Waals surface area contributed by atoms with Crippen molar-refractivity contribution in [3.05, 3.63) is 55.6 Å². The lowest BCUT2D eigenvalue weighted by Crippen LogP contribution is -2.45. The van der Waals surface area contributed by atoms with E-state index >= 15 is 0 Å². The van der Waals surface area contributed by atoms with E-state index in [1.807, 2.05) is 0 Å². The fourth-order valence-corrected chi connectivity index (χ4v) is 4.51. The van der Waals surface area contributed by atoms with E-state index in [-0.39, 0.29) is 23.7 Å². The third-order valence-electron chi connectivity index (χ3n) is 5.49. The van der Waals surface area contributed by atoms with Crippen LogP contribution in [0.25, 0.3) is 0 Å². The van der Waals surface area contributed by atoms with Crippen molar-refractivity contribution in [2.24, 2.45) is 5.10 Å². The first-order valence-corrected chi connectivity index (χ1v) is 13.2. The Labute approximate surface area is 241 Å². The number of rotatable bonds is 11. The first-order valence-electron chi connectivity index (χ1n) is 11.6. The summed E-state index contributed by atoms with van der Waals surface area (Å²) in [7, 11) is 2.69. The molecule has 14 heteroatoms. The van der Waals surface area contributed by atoms with Crippen molar-refractivity contribution in [2.75, 3.05) is 27.4 Å². The molecule has 0 saturated heterocycles. The molecule has 1 aliphatic heterocycles. The molecule has 0 bridgehead atoms. The first-order chi connectivity index (χ1) is 18.6. The maximum Gasteiger partial charge on any atom is 0.337 e. The number of nitrogens with zero attached hydrogens (tertiary/aromatic N) is 1. The highest BCUT2D eigenvalue weighted by Crippen LogP contribution is 2.41. The number of aliphatic hydroxyl groups is 1. The predicted octanol–water partition coefficient (Wildman–Crippen LogP) is 3.45. The summed E-state index contributed by atoms with van der Waals surface area (Å²) in [6.45, 7) is 3.55. The number of amides is 2. The van der Waals surface area contributed by atoms with Gasteiger partial charge in [-0.3, -0.25) is 5.43 Å². The number of methoxy groups -OCH3 is 2.